The van der Waals surface area contributed by atoms with E-state index in [1.54, 1.807) is 0 Å². The molecule has 1 aromatic carbocycles. The third kappa shape index (κ3) is 2.29. The molecule has 0 saturated heterocycles. The van der Waals surface area contributed by atoms with Gasteiger partial charge in [0.15, 0.2) is 0 Å². The first kappa shape index (κ1) is 12.1. The lowest BCUT2D eigenvalue weighted by Crippen LogP contribution is -2.12. The molecule has 0 aliphatic carbocycles. The molecule has 3 rings (SSSR count). The number of aromatic nitrogens is 1. The van der Waals surface area contributed by atoms with E-state index in [0.29, 0.717) is 6.42 Å². The number of fused-ring (bicyclic) bond motifs is 1. The van der Waals surface area contributed by atoms with Gasteiger partial charge in [-0.05, 0) is 43.2 Å². The molecule has 0 spiro atoms. The minimum atomic E-state index is -0.0537. The molecule has 0 bridgehead atoms. The Labute approximate surface area is 112 Å². The molecule has 1 atom stereocenters. The van der Waals surface area contributed by atoms with Crippen LogP contribution < -0.4 is 5.73 Å². The highest BCUT2D eigenvalue weighted by Crippen LogP contribution is 2.26. The normalized spacial score (nSPS) is 13.0. The number of nitrogens with two attached hydrogens (primary N) is 1. The summed E-state index contributed by atoms with van der Waals surface area (Å²) in [5.41, 5.74) is 9.83. The highest BCUT2D eigenvalue weighted by atomic mass is 16.3. The van der Waals surface area contributed by atoms with Crippen LogP contribution in [0.15, 0.2) is 40.9 Å². The fraction of sp³-hybridized carbons (Fsp3) is 0.250. The lowest BCUT2D eigenvalue weighted by Gasteiger charge is -2.09. The van der Waals surface area contributed by atoms with Gasteiger partial charge < -0.3 is 15.1 Å². The Bertz CT molecular complexity index is 708. The maximum absolute atomic E-state index is 6.30. The summed E-state index contributed by atoms with van der Waals surface area (Å²) in [6.07, 6.45) is 2.72. The van der Waals surface area contributed by atoms with Crippen molar-refractivity contribution in [2.45, 2.75) is 26.3 Å². The van der Waals surface area contributed by atoms with E-state index in [1.807, 2.05) is 25.3 Å². The highest BCUT2D eigenvalue weighted by Gasteiger charge is 2.14. The number of aryl methyl sites for hydroxylation is 2. The van der Waals surface area contributed by atoms with E-state index in [1.165, 1.54) is 10.9 Å². The smallest absolute Gasteiger partial charge is 0.106 e. The van der Waals surface area contributed by atoms with E-state index in [9.17, 15) is 0 Å². The number of hydrogen-bond donors (Lipinski definition) is 2. The molecule has 3 N–H and O–H groups in total. The molecule has 0 radical (unpaired) electrons. The number of rotatable bonds is 3. The summed E-state index contributed by atoms with van der Waals surface area (Å²) in [6.45, 7) is 4.04. The number of furan rings is 1. The number of H-pyrrole nitrogens is 1. The van der Waals surface area contributed by atoms with Gasteiger partial charge in [-0.2, -0.15) is 0 Å². The first-order valence-electron chi connectivity index (χ1n) is 6.52. The average molecular weight is 254 g/mol. The molecular weight excluding hydrogens is 236 g/mol. The topological polar surface area (TPSA) is 54.9 Å². The van der Waals surface area contributed by atoms with Crippen molar-refractivity contribution < 1.29 is 4.42 Å². The van der Waals surface area contributed by atoms with Crippen LogP contribution >= 0.6 is 0 Å². The van der Waals surface area contributed by atoms with Gasteiger partial charge in [-0.25, -0.2) is 0 Å². The molecule has 3 heteroatoms. The van der Waals surface area contributed by atoms with Crippen LogP contribution in [-0.2, 0) is 6.42 Å². The van der Waals surface area contributed by atoms with Crippen molar-refractivity contribution in [1.82, 2.24) is 4.98 Å². The monoisotopic (exact) mass is 254 g/mol. The van der Waals surface area contributed by atoms with Crippen molar-refractivity contribution in [2.24, 2.45) is 5.73 Å². The Kier molecular flexibility index (Phi) is 2.91. The Morgan fingerprint density at radius 2 is 2.05 bits per heavy atom. The molecule has 2 aromatic heterocycles. The van der Waals surface area contributed by atoms with Crippen LogP contribution in [0.25, 0.3) is 10.9 Å². The lowest BCUT2D eigenvalue weighted by molar-refractivity contribution is 0.467. The van der Waals surface area contributed by atoms with Gasteiger partial charge in [-0.3, -0.25) is 0 Å². The van der Waals surface area contributed by atoms with Crippen LogP contribution in [0, 0.1) is 13.8 Å². The van der Waals surface area contributed by atoms with Gasteiger partial charge in [0, 0.05) is 29.6 Å². The molecule has 98 valence electrons. The maximum Gasteiger partial charge on any atom is 0.106 e. The largest absolute Gasteiger partial charge is 0.466 e. The summed E-state index contributed by atoms with van der Waals surface area (Å²) in [5.74, 6) is 1.86. The minimum absolute atomic E-state index is 0.0537. The van der Waals surface area contributed by atoms with Crippen molar-refractivity contribution in [3.63, 3.8) is 0 Å². The summed E-state index contributed by atoms with van der Waals surface area (Å²) >= 11 is 0. The van der Waals surface area contributed by atoms with Crippen molar-refractivity contribution in [1.29, 1.82) is 0 Å². The van der Waals surface area contributed by atoms with E-state index in [2.05, 4.69) is 30.1 Å². The Hall–Kier alpha value is -2.00. The zero-order valence-corrected chi connectivity index (χ0v) is 11.2. The molecule has 0 saturated carbocycles. The molecule has 3 nitrogen and oxygen atoms in total. The number of nitrogens with one attached hydrogen (secondary N) is 1. The van der Waals surface area contributed by atoms with E-state index >= 15 is 0 Å². The Morgan fingerprint density at radius 3 is 2.79 bits per heavy atom. The van der Waals surface area contributed by atoms with Gasteiger partial charge in [0.1, 0.15) is 11.5 Å². The van der Waals surface area contributed by atoms with Gasteiger partial charge in [-0.15, -0.1) is 0 Å². The third-order valence-electron chi connectivity index (χ3n) is 3.49. The number of aromatic amines is 1. The van der Waals surface area contributed by atoms with Crippen LogP contribution in [0.4, 0.5) is 0 Å². The second-order valence-corrected chi connectivity index (χ2v) is 5.12. The molecular formula is C16H18N2O. The minimum Gasteiger partial charge on any atom is -0.466 e. The molecule has 3 aromatic rings. The molecule has 0 amide bonds. The van der Waals surface area contributed by atoms with Crippen molar-refractivity contribution >= 4 is 10.9 Å². The van der Waals surface area contributed by atoms with Gasteiger partial charge >= 0.3 is 0 Å². The fourth-order valence-electron chi connectivity index (χ4n) is 2.49. The molecule has 2 heterocycles. The second kappa shape index (κ2) is 4.59. The predicted molar refractivity (Wildman–Crippen MR) is 77.1 cm³/mol. The van der Waals surface area contributed by atoms with Gasteiger partial charge in [0.2, 0.25) is 0 Å². The second-order valence-electron chi connectivity index (χ2n) is 5.12. The number of benzene rings is 1. The predicted octanol–water partition coefficient (Wildman–Crippen LogP) is 3.62. The van der Waals surface area contributed by atoms with E-state index in [0.717, 1.165) is 22.6 Å². The highest BCUT2D eigenvalue weighted by molar-refractivity contribution is 5.84. The van der Waals surface area contributed by atoms with Crippen molar-refractivity contribution in [2.75, 3.05) is 0 Å². The summed E-state index contributed by atoms with van der Waals surface area (Å²) in [4.78, 5) is 3.29. The van der Waals surface area contributed by atoms with E-state index < -0.39 is 0 Å². The van der Waals surface area contributed by atoms with Gasteiger partial charge in [-0.1, -0.05) is 12.1 Å². The maximum atomic E-state index is 6.30. The van der Waals surface area contributed by atoms with Crippen LogP contribution in [0.1, 0.15) is 28.7 Å². The Balaban J connectivity index is 1.91. The fourth-order valence-corrected chi connectivity index (χ4v) is 2.49. The quantitative estimate of drug-likeness (QED) is 0.750. The van der Waals surface area contributed by atoms with E-state index in [4.69, 9.17) is 10.2 Å². The van der Waals surface area contributed by atoms with Gasteiger partial charge in [0.25, 0.3) is 0 Å². The first-order valence-corrected chi connectivity index (χ1v) is 6.52. The molecule has 1 unspecified atom stereocenters. The summed E-state index contributed by atoms with van der Waals surface area (Å²) < 4.78 is 5.59. The Morgan fingerprint density at radius 1 is 1.21 bits per heavy atom. The lowest BCUT2D eigenvalue weighted by atomic mass is 10.0. The standard InChI is InChI=1S/C16H18N2O/c1-10-3-6-13-14(9-18-16(13)7-10)15(17)8-12-5-4-11(2)19-12/h3-7,9,15,18H,8,17H2,1-2H3. The third-order valence-corrected chi connectivity index (χ3v) is 3.49. The molecule has 0 aliphatic heterocycles. The molecule has 0 fully saturated rings. The van der Waals surface area contributed by atoms with Crippen molar-refractivity contribution in [3.8, 4) is 0 Å². The SMILES string of the molecule is Cc1ccc2c(C(N)Cc3ccc(C)o3)c[nH]c2c1. The van der Waals surface area contributed by atoms with Gasteiger partial charge in [0.05, 0.1) is 0 Å². The van der Waals surface area contributed by atoms with Crippen molar-refractivity contribution in [3.05, 3.63) is 59.2 Å². The van der Waals surface area contributed by atoms with E-state index in [-0.39, 0.29) is 6.04 Å². The summed E-state index contributed by atoms with van der Waals surface area (Å²) in [5, 5.41) is 1.20. The zero-order chi connectivity index (χ0) is 13.4. The van der Waals surface area contributed by atoms with Crippen LogP contribution in [0.3, 0.4) is 0 Å². The van der Waals surface area contributed by atoms with Crippen LogP contribution in [0.5, 0.6) is 0 Å². The van der Waals surface area contributed by atoms with Crippen LogP contribution in [-0.4, -0.2) is 4.98 Å². The summed E-state index contributed by atoms with van der Waals surface area (Å²) in [7, 11) is 0. The molecule has 19 heavy (non-hydrogen) atoms. The molecule has 0 aliphatic rings. The number of hydrogen-bond acceptors (Lipinski definition) is 2. The average Bonchev–Trinajstić information content (AvgIpc) is 2.95. The van der Waals surface area contributed by atoms with Crippen LogP contribution in [0.2, 0.25) is 0 Å². The zero-order valence-electron chi connectivity index (χ0n) is 11.2. The first-order chi connectivity index (χ1) is 9.13. The summed E-state index contributed by atoms with van der Waals surface area (Å²) in [6, 6.07) is 10.3.